The van der Waals surface area contributed by atoms with E-state index in [0.29, 0.717) is 11.3 Å². The molecule has 0 aromatic heterocycles. The molecule has 0 amide bonds. The van der Waals surface area contributed by atoms with Crippen molar-refractivity contribution in [3.05, 3.63) is 57.8 Å². The maximum atomic E-state index is 13.6. The van der Waals surface area contributed by atoms with Gasteiger partial charge in [0.1, 0.15) is 4.90 Å². The topological polar surface area (TPSA) is 72.2 Å². The van der Waals surface area contributed by atoms with E-state index < -0.39 is 20.9 Å². The number of hydrogen-bond donors (Lipinski definition) is 2. The summed E-state index contributed by atoms with van der Waals surface area (Å²) in [7, 11) is -3.96. The molecule has 2 aromatic rings. The molecule has 0 atom stereocenters. The van der Waals surface area contributed by atoms with E-state index in [2.05, 4.69) is 4.72 Å². The first-order chi connectivity index (χ1) is 9.81. The number of hydrogen-bond acceptors (Lipinski definition) is 3. The number of nitrogens with one attached hydrogen (secondary N) is 1. The number of sulfonamides is 1. The molecule has 0 aliphatic heterocycles. The Labute approximate surface area is 131 Å². The van der Waals surface area contributed by atoms with Crippen molar-refractivity contribution in [2.45, 2.75) is 11.4 Å². The maximum Gasteiger partial charge on any atom is 0.242 e. The molecule has 2 aromatic carbocycles. The zero-order valence-corrected chi connectivity index (χ0v) is 12.9. The lowest BCUT2D eigenvalue weighted by Crippen LogP contribution is -2.23. The summed E-state index contributed by atoms with van der Waals surface area (Å²) in [6.07, 6.45) is 0. The van der Waals surface area contributed by atoms with Crippen molar-refractivity contribution in [1.82, 2.24) is 4.72 Å². The van der Waals surface area contributed by atoms with Crippen molar-refractivity contribution in [2.75, 3.05) is 5.73 Å². The second kappa shape index (κ2) is 6.19. The average molecular weight is 349 g/mol. The molecule has 8 heteroatoms. The molecular formula is C13H11Cl2FN2O2S. The van der Waals surface area contributed by atoms with Crippen molar-refractivity contribution in [3.63, 3.8) is 0 Å². The van der Waals surface area contributed by atoms with Crippen LogP contribution in [-0.2, 0) is 16.6 Å². The van der Waals surface area contributed by atoms with Crippen molar-refractivity contribution >= 4 is 38.9 Å². The molecule has 0 aliphatic carbocycles. The standard InChI is InChI=1S/C13H11Cl2FN2O2S/c14-10-4-5-11(12(15)13(10)16)21(19,20)18-7-8-2-1-3-9(17)6-8/h1-6,18H,7,17H2. The summed E-state index contributed by atoms with van der Waals surface area (Å²) in [4.78, 5) is -0.366. The molecule has 4 nitrogen and oxygen atoms in total. The summed E-state index contributed by atoms with van der Waals surface area (Å²) in [5, 5.41) is -0.780. The van der Waals surface area contributed by atoms with Crippen LogP contribution in [0, 0.1) is 5.82 Å². The summed E-state index contributed by atoms with van der Waals surface area (Å²) in [5.41, 5.74) is 6.79. The fraction of sp³-hybridized carbons (Fsp3) is 0.0769. The van der Waals surface area contributed by atoms with Gasteiger partial charge in [-0.15, -0.1) is 0 Å². The zero-order chi connectivity index (χ0) is 15.6. The zero-order valence-electron chi connectivity index (χ0n) is 10.6. The van der Waals surface area contributed by atoms with Crippen LogP contribution in [0.25, 0.3) is 0 Å². The Kier molecular flexibility index (Phi) is 4.73. The summed E-state index contributed by atoms with van der Waals surface area (Å²) in [5.74, 6) is -0.967. The van der Waals surface area contributed by atoms with Gasteiger partial charge in [-0.05, 0) is 29.8 Å². The number of rotatable bonds is 4. The van der Waals surface area contributed by atoms with E-state index in [0.717, 1.165) is 12.1 Å². The molecule has 0 saturated carbocycles. The van der Waals surface area contributed by atoms with Crippen LogP contribution in [0.2, 0.25) is 10.0 Å². The average Bonchev–Trinajstić information content (AvgIpc) is 2.43. The van der Waals surface area contributed by atoms with Crippen LogP contribution in [0.15, 0.2) is 41.3 Å². The summed E-state index contributed by atoms with van der Waals surface area (Å²) >= 11 is 11.2. The van der Waals surface area contributed by atoms with Crippen LogP contribution in [0.1, 0.15) is 5.56 Å². The minimum Gasteiger partial charge on any atom is -0.399 e. The van der Waals surface area contributed by atoms with E-state index >= 15 is 0 Å². The first-order valence-electron chi connectivity index (χ1n) is 5.79. The molecule has 0 aliphatic rings. The Balaban J connectivity index is 2.25. The SMILES string of the molecule is Nc1cccc(CNS(=O)(=O)c2ccc(Cl)c(F)c2Cl)c1. The van der Waals surface area contributed by atoms with Crippen LogP contribution in [-0.4, -0.2) is 8.42 Å². The Bertz CT molecular complexity index is 782. The number of nitrogen functional groups attached to an aromatic ring is 1. The molecule has 0 spiro atoms. The highest BCUT2D eigenvalue weighted by atomic mass is 35.5. The molecule has 0 bridgehead atoms. The van der Waals surface area contributed by atoms with E-state index in [1.54, 1.807) is 24.3 Å². The second-order valence-electron chi connectivity index (χ2n) is 4.24. The van der Waals surface area contributed by atoms with Crippen molar-refractivity contribution in [1.29, 1.82) is 0 Å². The molecule has 0 radical (unpaired) electrons. The summed E-state index contributed by atoms with van der Waals surface area (Å²) < 4.78 is 40.2. The van der Waals surface area contributed by atoms with E-state index in [4.69, 9.17) is 28.9 Å². The van der Waals surface area contributed by atoms with Crippen LogP contribution < -0.4 is 10.5 Å². The third-order valence-corrected chi connectivity index (χ3v) is 4.92. The lowest BCUT2D eigenvalue weighted by Gasteiger charge is -2.10. The molecule has 0 unspecified atom stereocenters. The van der Waals surface area contributed by atoms with Gasteiger partial charge in [-0.25, -0.2) is 17.5 Å². The van der Waals surface area contributed by atoms with Gasteiger partial charge < -0.3 is 5.73 Å². The Morgan fingerprint density at radius 3 is 2.57 bits per heavy atom. The van der Waals surface area contributed by atoms with E-state index in [1.807, 2.05) is 0 Å². The van der Waals surface area contributed by atoms with Gasteiger partial charge in [-0.2, -0.15) is 0 Å². The third kappa shape index (κ3) is 3.65. The fourth-order valence-corrected chi connectivity index (χ4v) is 3.44. The number of benzene rings is 2. The first-order valence-corrected chi connectivity index (χ1v) is 8.03. The summed E-state index contributed by atoms with van der Waals surface area (Å²) in [6, 6.07) is 9.01. The Morgan fingerprint density at radius 1 is 1.19 bits per heavy atom. The van der Waals surface area contributed by atoms with E-state index in [1.165, 1.54) is 0 Å². The van der Waals surface area contributed by atoms with Gasteiger partial charge in [0.15, 0.2) is 5.82 Å². The molecule has 0 heterocycles. The lowest BCUT2D eigenvalue weighted by atomic mass is 10.2. The molecule has 112 valence electrons. The van der Waals surface area contributed by atoms with Crippen molar-refractivity contribution < 1.29 is 12.8 Å². The fourth-order valence-electron chi connectivity index (χ4n) is 1.67. The molecule has 3 N–H and O–H groups in total. The van der Waals surface area contributed by atoms with Gasteiger partial charge in [-0.1, -0.05) is 35.3 Å². The van der Waals surface area contributed by atoms with Gasteiger partial charge in [0, 0.05) is 12.2 Å². The van der Waals surface area contributed by atoms with Gasteiger partial charge in [0.25, 0.3) is 0 Å². The predicted octanol–water partition coefficient (Wildman–Crippen LogP) is 3.19. The normalized spacial score (nSPS) is 11.6. The quantitative estimate of drug-likeness (QED) is 0.658. The summed E-state index contributed by atoms with van der Waals surface area (Å²) in [6.45, 7) is 0.00788. The van der Waals surface area contributed by atoms with Gasteiger partial charge in [-0.3, -0.25) is 0 Å². The molecule has 2 rings (SSSR count). The molecular weight excluding hydrogens is 338 g/mol. The van der Waals surface area contributed by atoms with Crippen LogP contribution in [0.4, 0.5) is 10.1 Å². The number of anilines is 1. The monoisotopic (exact) mass is 348 g/mol. The van der Waals surface area contributed by atoms with Crippen LogP contribution in [0.5, 0.6) is 0 Å². The minimum absolute atomic E-state index is 0.00788. The molecule has 0 fully saturated rings. The van der Waals surface area contributed by atoms with Crippen LogP contribution in [0.3, 0.4) is 0 Å². The van der Waals surface area contributed by atoms with Crippen molar-refractivity contribution in [2.24, 2.45) is 0 Å². The minimum atomic E-state index is -3.96. The highest BCUT2D eigenvalue weighted by molar-refractivity contribution is 7.89. The van der Waals surface area contributed by atoms with Crippen molar-refractivity contribution in [3.8, 4) is 0 Å². The highest BCUT2D eigenvalue weighted by Gasteiger charge is 2.21. The first kappa shape index (κ1) is 16.0. The molecule has 0 saturated heterocycles. The maximum absolute atomic E-state index is 13.6. The van der Waals surface area contributed by atoms with E-state index in [-0.39, 0.29) is 16.5 Å². The third-order valence-electron chi connectivity index (χ3n) is 2.71. The van der Waals surface area contributed by atoms with Gasteiger partial charge in [0.05, 0.1) is 10.0 Å². The predicted molar refractivity (Wildman–Crippen MR) is 81.3 cm³/mol. The highest BCUT2D eigenvalue weighted by Crippen LogP contribution is 2.29. The Hall–Kier alpha value is -1.34. The number of halogens is 3. The van der Waals surface area contributed by atoms with E-state index in [9.17, 15) is 12.8 Å². The Morgan fingerprint density at radius 2 is 1.90 bits per heavy atom. The van der Waals surface area contributed by atoms with Crippen LogP contribution >= 0.6 is 23.2 Å². The largest absolute Gasteiger partial charge is 0.399 e. The second-order valence-corrected chi connectivity index (χ2v) is 6.76. The smallest absolute Gasteiger partial charge is 0.242 e. The lowest BCUT2D eigenvalue weighted by molar-refractivity contribution is 0.577. The van der Waals surface area contributed by atoms with Gasteiger partial charge in [0.2, 0.25) is 10.0 Å². The van der Waals surface area contributed by atoms with Gasteiger partial charge >= 0.3 is 0 Å². The number of nitrogens with two attached hydrogens (primary N) is 1. The molecule has 21 heavy (non-hydrogen) atoms.